The lowest BCUT2D eigenvalue weighted by Crippen LogP contribution is -2.53. The number of rotatable bonds is 3. The summed E-state index contributed by atoms with van der Waals surface area (Å²) in [7, 11) is 0. The number of carbonyl (C=O) groups is 1. The number of pyridine rings is 1. The van der Waals surface area contributed by atoms with Crippen LogP contribution < -0.4 is 4.90 Å². The van der Waals surface area contributed by atoms with Crippen LogP contribution in [-0.4, -0.2) is 66.0 Å². The molecule has 2 aliphatic heterocycles. The van der Waals surface area contributed by atoms with Gasteiger partial charge in [-0.15, -0.1) is 12.4 Å². The van der Waals surface area contributed by atoms with E-state index >= 15 is 0 Å². The van der Waals surface area contributed by atoms with Crippen LogP contribution in [0.1, 0.15) is 32.4 Å². The Bertz CT molecular complexity index is 840. The van der Waals surface area contributed by atoms with Gasteiger partial charge in [0, 0.05) is 68.0 Å². The van der Waals surface area contributed by atoms with Crippen LogP contribution in [-0.2, 0) is 4.79 Å². The van der Waals surface area contributed by atoms with Gasteiger partial charge in [-0.2, -0.15) is 0 Å². The van der Waals surface area contributed by atoms with Gasteiger partial charge in [0.15, 0.2) is 0 Å². The summed E-state index contributed by atoms with van der Waals surface area (Å²) in [5.41, 5.74) is 3.35. The second kappa shape index (κ2) is 9.31. The Morgan fingerprint density at radius 2 is 1.69 bits per heavy atom. The number of amides is 1. The molecule has 0 unspecified atom stereocenters. The monoisotopic (exact) mass is 416 g/mol. The lowest BCUT2D eigenvalue weighted by atomic mass is 9.94. The quantitative estimate of drug-likeness (QED) is 0.764. The molecule has 0 atom stereocenters. The minimum absolute atomic E-state index is 0. The highest BCUT2D eigenvalue weighted by molar-refractivity contribution is 5.85. The van der Waals surface area contributed by atoms with Gasteiger partial charge < -0.3 is 9.80 Å². The molecule has 1 aromatic heterocycles. The highest BCUT2D eigenvalue weighted by atomic mass is 35.5. The summed E-state index contributed by atoms with van der Waals surface area (Å²) in [6.45, 7) is 12.2. The molecule has 2 aromatic rings. The lowest BCUT2D eigenvalue weighted by molar-refractivity contribution is -0.138. The van der Waals surface area contributed by atoms with Crippen molar-refractivity contribution >= 4 is 34.9 Å². The second-order valence-electron chi connectivity index (χ2n) is 8.55. The maximum Gasteiger partial charge on any atom is 0.225 e. The number of fused-ring (bicyclic) bond motifs is 1. The zero-order valence-corrected chi connectivity index (χ0v) is 18.6. The van der Waals surface area contributed by atoms with Crippen molar-refractivity contribution in [3.8, 4) is 0 Å². The fourth-order valence-corrected chi connectivity index (χ4v) is 4.51. The van der Waals surface area contributed by atoms with Crippen molar-refractivity contribution in [1.82, 2.24) is 14.8 Å². The van der Waals surface area contributed by atoms with Gasteiger partial charge in [-0.1, -0.05) is 6.07 Å². The first-order valence-electron chi connectivity index (χ1n) is 10.7. The molecular formula is C23H33ClN4O. The maximum atomic E-state index is 13.0. The Balaban J connectivity index is 0.00000240. The van der Waals surface area contributed by atoms with Crippen LogP contribution in [0, 0.1) is 12.8 Å². The molecule has 0 saturated carbocycles. The first-order chi connectivity index (χ1) is 13.5. The Morgan fingerprint density at radius 1 is 1.00 bits per heavy atom. The van der Waals surface area contributed by atoms with Crippen LogP contribution in [0.5, 0.6) is 0 Å². The number of aromatic nitrogens is 1. The summed E-state index contributed by atoms with van der Waals surface area (Å²) in [6.07, 6.45) is 1.90. The van der Waals surface area contributed by atoms with Gasteiger partial charge in [0.05, 0.1) is 5.52 Å². The van der Waals surface area contributed by atoms with E-state index in [1.807, 2.05) is 6.92 Å². The van der Waals surface area contributed by atoms with E-state index in [2.05, 4.69) is 63.9 Å². The van der Waals surface area contributed by atoms with Gasteiger partial charge in [0.2, 0.25) is 5.91 Å². The van der Waals surface area contributed by atoms with E-state index in [1.165, 1.54) is 11.1 Å². The van der Waals surface area contributed by atoms with Crippen molar-refractivity contribution in [2.24, 2.45) is 5.92 Å². The maximum absolute atomic E-state index is 13.0. The predicted molar refractivity (Wildman–Crippen MR) is 122 cm³/mol. The average molecular weight is 417 g/mol. The van der Waals surface area contributed by atoms with E-state index in [0.29, 0.717) is 11.9 Å². The van der Waals surface area contributed by atoms with Crippen molar-refractivity contribution < 1.29 is 4.79 Å². The van der Waals surface area contributed by atoms with E-state index in [1.54, 1.807) is 0 Å². The number of piperidine rings is 1. The molecule has 2 saturated heterocycles. The number of carbonyl (C=O) groups excluding carboxylic acids is 1. The first kappa shape index (κ1) is 21.8. The second-order valence-corrected chi connectivity index (χ2v) is 8.55. The number of anilines is 1. The summed E-state index contributed by atoms with van der Waals surface area (Å²) in [5.74, 6) is 0.563. The molecule has 2 aliphatic rings. The number of halogens is 1. The summed E-state index contributed by atoms with van der Waals surface area (Å²) in [5, 5.41) is 1.18. The van der Waals surface area contributed by atoms with Gasteiger partial charge in [0.25, 0.3) is 0 Å². The average Bonchev–Trinajstić information content (AvgIpc) is 2.73. The zero-order valence-electron chi connectivity index (χ0n) is 17.8. The smallest absolute Gasteiger partial charge is 0.225 e. The SMILES string of the molecule is Cc1ccc2cc(N3CCC(C(=O)N4CCN(C(C)C)CC4)CC3)ccc2n1.Cl. The minimum Gasteiger partial charge on any atom is -0.371 e. The molecule has 29 heavy (non-hydrogen) atoms. The minimum atomic E-state index is 0. The van der Waals surface area contributed by atoms with E-state index in [4.69, 9.17) is 0 Å². The predicted octanol–water partition coefficient (Wildman–Crippen LogP) is 3.73. The van der Waals surface area contributed by atoms with Gasteiger partial charge in [-0.25, -0.2) is 0 Å². The van der Waals surface area contributed by atoms with Gasteiger partial charge in [-0.3, -0.25) is 14.7 Å². The number of aryl methyl sites for hydroxylation is 1. The lowest BCUT2D eigenvalue weighted by Gasteiger charge is -2.40. The van der Waals surface area contributed by atoms with Crippen LogP contribution in [0.3, 0.4) is 0 Å². The third-order valence-electron chi connectivity index (χ3n) is 6.38. The number of benzene rings is 1. The van der Waals surface area contributed by atoms with E-state index in [-0.39, 0.29) is 18.3 Å². The number of hydrogen-bond donors (Lipinski definition) is 0. The molecular weight excluding hydrogens is 384 g/mol. The van der Waals surface area contributed by atoms with Gasteiger partial charge >= 0.3 is 0 Å². The molecule has 1 aromatic carbocycles. The standard InChI is InChI=1S/C23H32N4O.ClH/c1-17(2)25-12-14-27(15-13-25)23(28)19-8-10-26(11-9-19)21-6-7-22-20(16-21)5-4-18(3)24-22;/h4-7,16-17,19H,8-15H2,1-3H3;1H. The Morgan fingerprint density at radius 3 is 2.34 bits per heavy atom. The van der Waals surface area contributed by atoms with Crippen molar-refractivity contribution in [3.05, 3.63) is 36.0 Å². The Kier molecular flexibility index (Phi) is 7.01. The summed E-state index contributed by atoms with van der Waals surface area (Å²) in [6, 6.07) is 11.3. The van der Waals surface area contributed by atoms with Crippen molar-refractivity contribution in [2.45, 2.75) is 39.7 Å². The molecule has 4 rings (SSSR count). The topological polar surface area (TPSA) is 39.7 Å². The van der Waals surface area contributed by atoms with Crippen molar-refractivity contribution in [2.75, 3.05) is 44.2 Å². The molecule has 0 radical (unpaired) electrons. The third kappa shape index (κ3) is 4.84. The highest BCUT2D eigenvalue weighted by Crippen LogP contribution is 2.27. The van der Waals surface area contributed by atoms with E-state index < -0.39 is 0 Å². The fourth-order valence-electron chi connectivity index (χ4n) is 4.51. The van der Waals surface area contributed by atoms with Gasteiger partial charge in [0.1, 0.15) is 0 Å². The molecule has 3 heterocycles. The molecule has 158 valence electrons. The van der Waals surface area contributed by atoms with E-state index in [9.17, 15) is 4.79 Å². The summed E-state index contributed by atoms with van der Waals surface area (Å²) < 4.78 is 0. The number of piperazine rings is 1. The Hall–Kier alpha value is -1.85. The van der Waals surface area contributed by atoms with Crippen molar-refractivity contribution in [3.63, 3.8) is 0 Å². The molecule has 6 heteroatoms. The molecule has 0 aliphatic carbocycles. The van der Waals surface area contributed by atoms with Gasteiger partial charge in [-0.05, 0) is 57.9 Å². The number of hydrogen-bond acceptors (Lipinski definition) is 4. The van der Waals surface area contributed by atoms with Crippen LogP contribution >= 0.6 is 12.4 Å². The summed E-state index contributed by atoms with van der Waals surface area (Å²) in [4.78, 5) is 24.5. The zero-order chi connectivity index (χ0) is 19.7. The largest absolute Gasteiger partial charge is 0.371 e. The van der Waals surface area contributed by atoms with Crippen molar-refractivity contribution in [1.29, 1.82) is 0 Å². The molecule has 0 N–H and O–H groups in total. The summed E-state index contributed by atoms with van der Waals surface area (Å²) >= 11 is 0. The molecule has 1 amide bonds. The van der Waals surface area contributed by atoms with Crippen LogP contribution in [0.15, 0.2) is 30.3 Å². The van der Waals surface area contributed by atoms with Crippen LogP contribution in [0.2, 0.25) is 0 Å². The molecule has 2 fully saturated rings. The van der Waals surface area contributed by atoms with Crippen LogP contribution in [0.25, 0.3) is 10.9 Å². The third-order valence-corrected chi connectivity index (χ3v) is 6.38. The van der Waals surface area contributed by atoms with E-state index in [0.717, 1.165) is 63.3 Å². The number of nitrogens with zero attached hydrogens (tertiary/aromatic N) is 4. The molecule has 5 nitrogen and oxygen atoms in total. The first-order valence-corrected chi connectivity index (χ1v) is 10.7. The molecule has 0 bridgehead atoms. The van der Waals surface area contributed by atoms with Crippen LogP contribution in [0.4, 0.5) is 5.69 Å². The Labute approximate surface area is 180 Å². The molecule has 0 spiro atoms. The highest BCUT2D eigenvalue weighted by Gasteiger charge is 2.30. The fraction of sp³-hybridized carbons (Fsp3) is 0.565. The normalized spacial score (nSPS) is 18.9.